The predicted octanol–water partition coefficient (Wildman–Crippen LogP) is 3.45. The fourth-order valence-electron chi connectivity index (χ4n) is 1.09. The minimum atomic E-state index is 0.800. The van der Waals surface area contributed by atoms with Crippen LogP contribution in [0.5, 0.6) is 0 Å². The fourth-order valence-corrected chi connectivity index (χ4v) is 1.43. The molecule has 0 heterocycles. The van der Waals surface area contributed by atoms with Crippen molar-refractivity contribution in [1.29, 1.82) is 0 Å². The molecule has 0 saturated carbocycles. The molecular weight excluding hydrogens is 196 g/mol. The molecule has 0 aliphatic rings. The molecule has 0 nitrogen and oxygen atoms in total. The van der Waals surface area contributed by atoms with Crippen molar-refractivity contribution in [2.75, 3.05) is 5.75 Å². The van der Waals surface area contributed by atoms with Crippen molar-refractivity contribution in [3.05, 3.63) is 41.5 Å². The lowest BCUT2D eigenvalue weighted by Gasteiger charge is -1.97. The average molecular weight is 210 g/mol. The normalized spacial score (nSPS) is 10.9. The van der Waals surface area contributed by atoms with Gasteiger partial charge in [-0.05, 0) is 23.3 Å². The van der Waals surface area contributed by atoms with Gasteiger partial charge >= 0.3 is 0 Å². The molecule has 0 N–H and O–H groups in total. The summed E-state index contributed by atoms with van der Waals surface area (Å²) in [6.45, 7) is 0. The van der Waals surface area contributed by atoms with E-state index in [0.717, 1.165) is 17.9 Å². The second-order valence-corrected chi connectivity index (χ2v) is 3.58. The number of hydrogen-bond acceptors (Lipinski definition) is 2. The van der Waals surface area contributed by atoms with Crippen molar-refractivity contribution in [2.24, 2.45) is 0 Å². The van der Waals surface area contributed by atoms with Crippen molar-refractivity contribution in [1.82, 2.24) is 0 Å². The van der Waals surface area contributed by atoms with E-state index in [4.69, 9.17) is 0 Å². The molecule has 0 aliphatic carbocycles. The minimum Gasteiger partial charge on any atom is -0.179 e. The molecule has 0 radical (unpaired) electrons. The summed E-state index contributed by atoms with van der Waals surface area (Å²) in [5.74, 6) is 1.71. The van der Waals surface area contributed by atoms with E-state index < -0.39 is 0 Å². The van der Waals surface area contributed by atoms with Crippen LogP contribution in [0, 0.1) is 0 Å². The second-order valence-electron chi connectivity index (χ2n) is 2.82. The van der Waals surface area contributed by atoms with Crippen molar-refractivity contribution >= 4 is 31.3 Å². The Morgan fingerprint density at radius 1 is 1.23 bits per heavy atom. The summed E-state index contributed by atoms with van der Waals surface area (Å²) in [7, 11) is 0. The van der Waals surface area contributed by atoms with Crippen LogP contribution in [0.1, 0.15) is 17.5 Å². The Morgan fingerprint density at radius 2 is 2.08 bits per heavy atom. The molecule has 0 aromatic heterocycles. The van der Waals surface area contributed by atoms with Crippen LogP contribution < -0.4 is 0 Å². The molecule has 0 atom stereocenters. The van der Waals surface area contributed by atoms with Gasteiger partial charge in [0.1, 0.15) is 0 Å². The predicted molar refractivity (Wildman–Crippen MR) is 66.6 cm³/mol. The van der Waals surface area contributed by atoms with Crippen LogP contribution in [-0.4, -0.2) is 5.75 Å². The van der Waals surface area contributed by atoms with Crippen LogP contribution in [0.4, 0.5) is 0 Å². The number of benzene rings is 1. The lowest BCUT2D eigenvalue weighted by Crippen LogP contribution is -1.78. The number of rotatable bonds is 4. The molecule has 0 saturated heterocycles. The maximum absolute atomic E-state index is 4.23. The van der Waals surface area contributed by atoms with Crippen LogP contribution in [-0.2, 0) is 5.75 Å². The zero-order chi connectivity index (χ0) is 9.52. The molecule has 13 heavy (non-hydrogen) atoms. The Labute approximate surface area is 90.9 Å². The molecule has 2 heteroatoms. The van der Waals surface area contributed by atoms with Crippen LogP contribution in [0.25, 0.3) is 6.08 Å². The molecule has 1 aromatic carbocycles. The van der Waals surface area contributed by atoms with Crippen molar-refractivity contribution in [2.45, 2.75) is 12.2 Å². The third-order valence-corrected chi connectivity index (χ3v) is 2.36. The van der Waals surface area contributed by atoms with Gasteiger partial charge in [-0.15, -0.1) is 0 Å². The van der Waals surface area contributed by atoms with Gasteiger partial charge in [0.05, 0.1) is 0 Å². The van der Waals surface area contributed by atoms with Crippen molar-refractivity contribution in [3.63, 3.8) is 0 Å². The highest BCUT2D eigenvalue weighted by Gasteiger charge is 1.89. The van der Waals surface area contributed by atoms with Crippen LogP contribution in [0.15, 0.2) is 30.3 Å². The van der Waals surface area contributed by atoms with Gasteiger partial charge in [-0.25, -0.2) is 0 Å². The highest BCUT2D eigenvalue weighted by molar-refractivity contribution is 7.80. The summed E-state index contributed by atoms with van der Waals surface area (Å²) < 4.78 is 0. The third kappa shape index (κ3) is 3.92. The highest BCUT2D eigenvalue weighted by Crippen LogP contribution is 2.09. The lowest BCUT2D eigenvalue weighted by molar-refractivity contribution is 1.26. The van der Waals surface area contributed by atoms with E-state index in [1.807, 2.05) is 0 Å². The molecule has 0 unspecified atom stereocenters. The van der Waals surface area contributed by atoms with E-state index in [2.05, 4.69) is 61.7 Å². The Morgan fingerprint density at radius 3 is 2.77 bits per heavy atom. The van der Waals surface area contributed by atoms with Gasteiger partial charge in [-0.3, -0.25) is 0 Å². The molecule has 1 rings (SSSR count). The molecule has 0 bridgehead atoms. The van der Waals surface area contributed by atoms with Gasteiger partial charge in [0.15, 0.2) is 0 Å². The molecule has 0 fully saturated rings. The van der Waals surface area contributed by atoms with E-state index in [1.165, 1.54) is 11.1 Å². The monoisotopic (exact) mass is 210 g/mol. The third-order valence-electron chi connectivity index (χ3n) is 1.74. The van der Waals surface area contributed by atoms with Gasteiger partial charge < -0.3 is 0 Å². The summed E-state index contributed by atoms with van der Waals surface area (Å²) in [5, 5.41) is 0. The van der Waals surface area contributed by atoms with E-state index in [-0.39, 0.29) is 0 Å². The Balaban J connectivity index is 2.66. The summed E-state index contributed by atoms with van der Waals surface area (Å²) in [6, 6.07) is 8.40. The van der Waals surface area contributed by atoms with E-state index >= 15 is 0 Å². The van der Waals surface area contributed by atoms with Gasteiger partial charge in [0.25, 0.3) is 0 Å². The molecule has 0 aliphatic heterocycles. The maximum Gasteiger partial charge on any atom is 0.0154 e. The fraction of sp³-hybridized carbons (Fsp3) is 0.273. The first kappa shape index (κ1) is 10.7. The maximum atomic E-state index is 4.23. The lowest BCUT2D eigenvalue weighted by atomic mass is 10.1. The number of hydrogen-bond donors (Lipinski definition) is 2. The van der Waals surface area contributed by atoms with E-state index in [9.17, 15) is 0 Å². The Bertz CT molecular complexity index is 279. The van der Waals surface area contributed by atoms with Crippen LogP contribution in [0.2, 0.25) is 0 Å². The van der Waals surface area contributed by atoms with Crippen LogP contribution in [0.3, 0.4) is 0 Å². The minimum absolute atomic E-state index is 0.800. The van der Waals surface area contributed by atoms with Gasteiger partial charge in [-0.2, -0.15) is 25.3 Å². The summed E-state index contributed by atoms with van der Waals surface area (Å²) >= 11 is 8.37. The first-order valence-corrected chi connectivity index (χ1v) is 5.60. The molecule has 70 valence electrons. The Kier molecular flexibility index (Phi) is 5.09. The van der Waals surface area contributed by atoms with E-state index in [0.29, 0.717) is 0 Å². The van der Waals surface area contributed by atoms with Gasteiger partial charge in [-0.1, -0.05) is 36.4 Å². The summed E-state index contributed by atoms with van der Waals surface area (Å²) in [4.78, 5) is 0. The average Bonchev–Trinajstić information content (AvgIpc) is 2.19. The second kappa shape index (κ2) is 6.17. The quantitative estimate of drug-likeness (QED) is 0.699. The highest BCUT2D eigenvalue weighted by atomic mass is 32.1. The molecule has 1 aromatic rings. The SMILES string of the molecule is SCCC=Cc1cccc(CS)c1. The zero-order valence-corrected chi connectivity index (χ0v) is 9.27. The topological polar surface area (TPSA) is 0 Å². The standard InChI is InChI=1S/C11H14S2/c12-7-2-1-4-10-5-3-6-11(8-10)9-13/h1,3-6,8,12-13H,2,7,9H2. The van der Waals surface area contributed by atoms with Crippen LogP contribution >= 0.6 is 25.3 Å². The van der Waals surface area contributed by atoms with Crippen molar-refractivity contribution < 1.29 is 0 Å². The smallest absolute Gasteiger partial charge is 0.0154 e. The molecule has 0 spiro atoms. The first-order chi connectivity index (χ1) is 6.36. The molecule has 0 amide bonds. The molecular formula is C11H14S2. The largest absolute Gasteiger partial charge is 0.179 e. The summed E-state index contributed by atoms with van der Waals surface area (Å²) in [5.41, 5.74) is 2.50. The first-order valence-electron chi connectivity index (χ1n) is 4.34. The number of allylic oxidation sites excluding steroid dienone is 1. The zero-order valence-electron chi connectivity index (χ0n) is 7.48. The van der Waals surface area contributed by atoms with E-state index in [1.54, 1.807) is 0 Å². The van der Waals surface area contributed by atoms with Crippen molar-refractivity contribution in [3.8, 4) is 0 Å². The number of thiol groups is 2. The summed E-state index contributed by atoms with van der Waals surface area (Å²) in [6.07, 6.45) is 5.29. The van der Waals surface area contributed by atoms with Gasteiger partial charge in [0, 0.05) is 5.75 Å². The Hall–Kier alpha value is -0.340. The van der Waals surface area contributed by atoms with Gasteiger partial charge in [0.2, 0.25) is 0 Å².